The molecule has 0 radical (unpaired) electrons. The minimum Gasteiger partial charge on any atom is -0.495 e. The third kappa shape index (κ3) is 6.81. The molecule has 0 aliphatic carbocycles. The van der Waals surface area contributed by atoms with Gasteiger partial charge in [-0.1, -0.05) is 11.6 Å². The lowest BCUT2D eigenvalue weighted by atomic mass is 10.2. The van der Waals surface area contributed by atoms with Crippen molar-refractivity contribution in [3.8, 4) is 17.2 Å². The average molecular weight is 404 g/mol. The van der Waals surface area contributed by atoms with E-state index in [1.807, 2.05) is 6.92 Å². The lowest BCUT2D eigenvalue weighted by Gasteiger charge is -2.10. The van der Waals surface area contributed by atoms with Crippen molar-refractivity contribution in [1.82, 2.24) is 0 Å². The highest BCUT2D eigenvalue weighted by molar-refractivity contribution is 7.30. The summed E-state index contributed by atoms with van der Waals surface area (Å²) in [6, 6.07) is 9.54. The molecule has 2 aromatic carbocycles. The number of methoxy groups -OCH3 is 1. The van der Waals surface area contributed by atoms with Gasteiger partial charge in [-0.3, -0.25) is 10.1 Å². The molecule has 0 atom stereocenters. The molecule has 0 aromatic heterocycles. The van der Waals surface area contributed by atoms with Crippen LogP contribution in [-0.2, 0) is 4.57 Å². The predicted octanol–water partition coefficient (Wildman–Crippen LogP) is 4.11. The third-order valence-electron chi connectivity index (χ3n) is 2.89. The average Bonchev–Trinajstić information content (AvgIpc) is 2.55. The molecule has 0 heterocycles. The maximum absolute atomic E-state index is 11.0. The van der Waals surface area contributed by atoms with Crippen molar-refractivity contribution in [1.29, 1.82) is 0 Å². The lowest BCUT2D eigenvalue weighted by Crippen LogP contribution is -2.01. The summed E-state index contributed by atoms with van der Waals surface area (Å²) in [5.74, 6) is 1.54. The van der Waals surface area contributed by atoms with E-state index in [2.05, 4.69) is 5.32 Å². The monoisotopic (exact) mass is 403 g/mol. The van der Waals surface area contributed by atoms with Crippen molar-refractivity contribution in [2.75, 3.05) is 19.0 Å². The number of ether oxygens (including phenoxy) is 2. The highest BCUT2D eigenvalue weighted by Crippen LogP contribution is 2.34. The number of hydrogen-bond acceptors (Lipinski definition) is 6. The van der Waals surface area contributed by atoms with Gasteiger partial charge in [0.2, 0.25) is 0 Å². The van der Waals surface area contributed by atoms with E-state index in [1.54, 1.807) is 24.3 Å². The van der Waals surface area contributed by atoms with Gasteiger partial charge in [-0.25, -0.2) is 0 Å². The zero-order valence-corrected chi connectivity index (χ0v) is 15.5. The Labute approximate surface area is 155 Å². The Balaban J connectivity index is 0.000000765. The number of rotatable bonds is 6. The Morgan fingerprint density at radius 2 is 1.81 bits per heavy atom. The van der Waals surface area contributed by atoms with Crippen LogP contribution in [0.3, 0.4) is 0 Å². The van der Waals surface area contributed by atoms with E-state index in [0.717, 1.165) is 0 Å². The van der Waals surface area contributed by atoms with E-state index in [1.165, 1.54) is 19.2 Å². The molecule has 0 saturated carbocycles. The summed E-state index contributed by atoms with van der Waals surface area (Å²) in [4.78, 5) is 24.8. The van der Waals surface area contributed by atoms with Crippen LogP contribution in [0.4, 0.5) is 11.4 Å². The van der Waals surface area contributed by atoms with Crippen LogP contribution in [0, 0.1) is 10.1 Å². The molecule has 2 aromatic rings. The molecule has 140 valence electrons. The fraction of sp³-hybridized carbons (Fsp3) is 0.200. The number of benzene rings is 2. The molecule has 0 unspecified atom stereocenters. The zero-order chi connectivity index (χ0) is 19.7. The molecule has 0 fully saturated rings. The highest BCUT2D eigenvalue weighted by atomic mass is 35.5. The molecule has 9 nitrogen and oxygen atoms in total. The fourth-order valence-electron chi connectivity index (χ4n) is 1.92. The quantitative estimate of drug-likeness (QED) is 0.373. The molecule has 0 saturated heterocycles. The largest absolute Gasteiger partial charge is 0.692 e. The first kappa shape index (κ1) is 21.6. The summed E-state index contributed by atoms with van der Waals surface area (Å²) in [7, 11) is -1.34. The summed E-state index contributed by atoms with van der Waals surface area (Å²) in [6.07, 6.45) is 0. The van der Waals surface area contributed by atoms with Gasteiger partial charge >= 0.3 is 8.25 Å². The van der Waals surface area contributed by atoms with Gasteiger partial charge in [-0.15, -0.1) is 9.79 Å². The number of nitro benzene ring substituents is 1. The number of halogens is 1. The van der Waals surface area contributed by atoms with Gasteiger partial charge in [0.15, 0.2) is 0 Å². The second-order valence-electron chi connectivity index (χ2n) is 4.62. The van der Waals surface area contributed by atoms with Crippen molar-refractivity contribution in [3.05, 3.63) is 51.5 Å². The van der Waals surface area contributed by atoms with Gasteiger partial charge in [-0.05, 0) is 25.1 Å². The summed E-state index contributed by atoms with van der Waals surface area (Å²) in [5, 5.41) is 14.3. The molecule has 3 N–H and O–H groups in total. The molecule has 0 bridgehead atoms. The molecule has 0 amide bonds. The van der Waals surface area contributed by atoms with Crippen molar-refractivity contribution >= 4 is 31.2 Å². The molecule has 11 heteroatoms. The van der Waals surface area contributed by atoms with Gasteiger partial charge in [-0.2, -0.15) is 0 Å². The van der Waals surface area contributed by atoms with E-state index < -0.39 is 13.2 Å². The van der Waals surface area contributed by atoms with Crippen molar-refractivity contribution in [2.45, 2.75) is 6.92 Å². The molecule has 26 heavy (non-hydrogen) atoms. The van der Waals surface area contributed by atoms with Crippen LogP contribution in [0.1, 0.15) is 6.92 Å². The number of nitrogens with zero attached hydrogens (tertiary/aromatic N) is 1. The van der Waals surface area contributed by atoms with Gasteiger partial charge in [0.05, 0.1) is 17.1 Å². The van der Waals surface area contributed by atoms with E-state index in [4.69, 9.17) is 35.4 Å². The Kier molecular flexibility index (Phi) is 8.74. The van der Waals surface area contributed by atoms with Gasteiger partial charge in [0.25, 0.3) is 5.69 Å². The van der Waals surface area contributed by atoms with E-state index in [0.29, 0.717) is 34.5 Å². The summed E-state index contributed by atoms with van der Waals surface area (Å²) in [5.41, 5.74) is 0.409. The van der Waals surface area contributed by atoms with Crippen molar-refractivity contribution < 1.29 is 28.7 Å². The molecular formula is C15H17ClN2O7P+. The van der Waals surface area contributed by atoms with Crippen LogP contribution in [0.2, 0.25) is 5.02 Å². The summed E-state index contributed by atoms with van der Waals surface area (Å²) >= 11 is 6.04. The van der Waals surface area contributed by atoms with Crippen LogP contribution in [-0.4, -0.2) is 28.4 Å². The molecule has 0 aliphatic heterocycles. The fourth-order valence-corrected chi connectivity index (χ4v) is 2.16. The molecule has 0 aliphatic rings. The minimum absolute atomic E-state index is 0.00182. The predicted molar refractivity (Wildman–Crippen MR) is 97.4 cm³/mol. The SMILES string of the molecule is CCNc1cc(Oc2ccc(OC)c(Cl)c2)ccc1[N+](=O)[O-].O=[P+](O)O. The third-order valence-corrected chi connectivity index (χ3v) is 3.19. The van der Waals surface area contributed by atoms with Gasteiger partial charge in [0, 0.05) is 29.3 Å². The van der Waals surface area contributed by atoms with Gasteiger partial charge < -0.3 is 14.8 Å². The number of nitro groups is 1. The van der Waals surface area contributed by atoms with E-state index >= 15 is 0 Å². The number of anilines is 1. The van der Waals surface area contributed by atoms with Crippen LogP contribution < -0.4 is 14.8 Å². The standard InChI is InChI=1S/C15H15ClN2O4.HO3P/c1-3-17-13-9-11(4-6-14(13)18(19)20)22-10-5-7-15(21-2)12(16)8-10;1-4(2)3/h4-9,17H,3H2,1-2H3;(H-,1,2,3)/p+1. The normalized spacial score (nSPS) is 9.58. The highest BCUT2D eigenvalue weighted by Gasteiger charge is 2.14. The number of hydrogen-bond donors (Lipinski definition) is 3. The van der Waals surface area contributed by atoms with Crippen LogP contribution >= 0.6 is 19.9 Å². The molecule has 2 rings (SSSR count). The number of nitrogens with one attached hydrogen (secondary N) is 1. The first-order valence-electron chi connectivity index (χ1n) is 7.17. The molecule has 0 spiro atoms. The van der Waals surface area contributed by atoms with Crippen LogP contribution in [0.15, 0.2) is 36.4 Å². The van der Waals surface area contributed by atoms with Gasteiger partial charge in [0.1, 0.15) is 22.9 Å². The Bertz CT molecular complexity index is 785. The van der Waals surface area contributed by atoms with Crippen LogP contribution in [0.25, 0.3) is 0 Å². The summed E-state index contributed by atoms with van der Waals surface area (Å²) < 4.78 is 19.5. The second kappa shape index (κ2) is 10.5. The van der Waals surface area contributed by atoms with E-state index in [-0.39, 0.29) is 5.69 Å². The molecular weight excluding hydrogens is 387 g/mol. The maximum Gasteiger partial charge on any atom is 0.692 e. The zero-order valence-electron chi connectivity index (χ0n) is 13.9. The lowest BCUT2D eigenvalue weighted by molar-refractivity contribution is -0.384. The van der Waals surface area contributed by atoms with Crippen molar-refractivity contribution in [3.63, 3.8) is 0 Å². The Morgan fingerprint density at radius 1 is 1.23 bits per heavy atom. The first-order valence-corrected chi connectivity index (χ1v) is 8.71. The van der Waals surface area contributed by atoms with Crippen molar-refractivity contribution in [2.24, 2.45) is 0 Å². The Morgan fingerprint density at radius 3 is 2.31 bits per heavy atom. The van der Waals surface area contributed by atoms with Crippen LogP contribution in [0.5, 0.6) is 17.2 Å². The smallest absolute Gasteiger partial charge is 0.495 e. The Hall–Kier alpha value is -2.45. The first-order chi connectivity index (χ1) is 12.3. The second-order valence-corrected chi connectivity index (χ2v) is 5.53. The summed E-state index contributed by atoms with van der Waals surface area (Å²) in [6.45, 7) is 2.43. The topological polar surface area (TPSA) is 131 Å². The van der Waals surface area contributed by atoms with E-state index in [9.17, 15) is 10.1 Å². The minimum atomic E-state index is -2.87. The maximum atomic E-state index is 11.0.